The number of nitrogens with zero attached hydrogens (tertiary/aromatic N) is 3. The van der Waals surface area contributed by atoms with E-state index < -0.39 is 0 Å². The first kappa shape index (κ1) is 23.9. The van der Waals surface area contributed by atoms with Crippen molar-refractivity contribution in [1.82, 2.24) is 0 Å². The van der Waals surface area contributed by atoms with Crippen molar-refractivity contribution in [2.75, 3.05) is 18.0 Å². The molecule has 0 spiro atoms. The topological polar surface area (TPSA) is 60.0 Å². The Balaban J connectivity index is 1.77. The maximum Gasteiger partial charge on any atom is 0.137 e. The van der Waals surface area contributed by atoms with E-state index in [1.807, 2.05) is 24.3 Å². The van der Waals surface area contributed by atoms with Crippen molar-refractivity contribution in [3.63, 3.8) is 0 Å². The quantitative estimate of drug-likeness (QED) is 0.458. The molecule has 4 rings (SSSR count). The summed E-state index contributed by atoms with van der Waals surface area (Å²) in [5.74, 6) is 1.65. The van der Waals surface area contributed by atoms with Gasteiger partial charge >= 0.3 is 0 Å². The Labute approximate surface area is 204 Å². The Morgan fingerprint density at radius 3 is 2.15 bits per heavy atom. The molecule has 0 N–H and O–H groups in total. The minimum atomic E-state index is 0.108. The molecule has 3 heterocycles. The third-order valence-corrected chi connectivity index (χ3v) is 7.80. The van der Waals surface area contributed by atoms with Gasteiger partial charge in [0.15, 0.2) is 0 Å². The Morgan fingerprint density at radius 2 is 1.62 bits per heavy atom. The molecule has 0 bridgehead atoms. The molecule has 1 unspecified atom stereocenters. The van der Waals surface area contributed by atoms with Crippen molar-refractivity contribution in [3.05, 3.63) is 69.7 Å². The van der Waals surface area contributed by atoms with Gasteiger partial charge in [-0.25, -0.2) is 0 Å². The fraction of sp³-hybridized carbons (Fsp3) is 0.467. The third kappa shape index (κ3) is 4.30. The minimum absolute atomic E-state index is 0.108. The molecule has 0 fully saturated rings. The summed E-state index contributed by atoms with van der Waals surface area (Å²) in [5, 5.41) is 18.8. The second-order valence-electron chi connectivity index (χ2n) is 11.1. The molecule has 3 aliphatic heterocycles. The van der Waals surface area contributed by atoms with Gasteiger partial charge in [-0.1, -0.05) is 47.6 Å². The van der Waals surface area contributed by atoms with E-state index in [1.165, 1.54) is 16.8 Å². The molecule has 3 aliphatic rings. The van der Waals surface area contributed by atoms with E-state index in [1.54, 1.807) is 6.08 Å². The average Bonchev–Trinajstić information content (AvgIpc) is 2.81. The second-order valence-corrected chi connectivity index (χ2v) is 11.1. The van der Waals surface area contributed by atoms with Crippen molar-refractivity contribution in [2.24, 2.45) is 5.92 Å². The third-order valence-electron chi connectivity index (χ3n) is 7.80. The van der Waals surface area contributed by atoms with Gasteiger partial charge in [-0.2, -0.15) is 10.5 Å². The molecule has 1 aromatic rings. The lowest BCUT2D eigenvalue weighted by atomic mass is 9.69. The van der Waals surface area contributed by atoms with Crippen molar-refractivity contribution in [2.45, 2.75) is 71.6 Å². The number of ether oxygens (including phenoxy) is 1. The highest BCUT2D eigenvalue weighted by Crippen LogP contribution is 2.49. The molecule has 34 heavy (non-hydrogen) atoms. The lowest BCUT2D eigenvalue weighted by Gasteiger charge is -2.48. The van der Waals surface area contributed by atoms with E-state index in [0.29, 0.717) is 11.3 Å². The van der Waals surface area contributed by atoms with E-state index in [9.17, 15) is 10.5 Å². The normalized spacial score (nSPS) is 20.9. The largest absolute Gasteiger partial charge is 0.461 e. The zero-order chi connectivity index (χ0) is 24.7. The van der Waals surface area contributed by atoms with Crippen molar-refractivity contribution in [1.29, 1.82) is 10.5 Å². The van der Waals surface area contributed by atoms with Gasteiger partial charge in [0.25, 0.3) is 0 Å². The summed E-state index contributed by atoms with van der Waals surface area (Å²) in [5.41, 5.74) is 6.46. The van der Waals surface area contributed by atoms with Crippen LogP contribution in [-0.4, -0.2) is 13.1 Å². The van der Waals surface area contributed by atoms with Crippen molar-refractivity contribution >= 4 is 11.8 Å². The summed E-state index contributed by atoms with van der Waals surface area (Å²) < 4.78 is 6.18. The van der Waals surface area contributed by atoms with Gasteiger partial charge in [0.05, 0.1) is 0 Å². The Hall–Kier alpha value is -3.24. The smallest absolute Gasteiger partial charge is 0.137 e. The van der Waals surface area contributed by atoms with E-state index in [2.05, 4.69) is 64.7 Å². The lowest BCUT2D eigenvalue weighted by Crippen LogP contribution is -2.44. The van der Waals surface area contributed by atoms with E-state index in [-0.39, 0.29) is 22.3 Å². The average molecular weight is 454 g/mol. The molecule has 0 amide bonds. The second kappa shape index (κ2) is 8.84. The van der Waals surface area contributed by atoms with Gasteiger partial charge in [-0.15, -0.1) is 0 Å². The van der Waals surface area contributed by atoms with Crippen LogP contribution in [0.2, 0.25) is 0 Å². The van der Waals surface area contributed by atoms with Gasteiger partial charge in [0.1, 0.15) is 29.2 Å². The molecule has 0 saturated heterocycles. The number of allylic oxidation sites excluding steroid dienone is 6. The van der Waals surface area contributed by atoms with E-state index in [0.717, 1.165) is 43.7 Å². The van der Waals surface area contributed by atoms with Crippen LogP contribution in [-0.2, 0) is 15.6 Å². The zero-order valence-corrected chi connectivity index (χ0v) is 21.3. The minimum Gasteiger partial charge on any atom is -0.461 e. The summed E-state index contributed by atoms with van der Waals surface area (Å²) in [6.07, 6.45) is 10.9. The van der Waals surface area contributed by atoms with Crippen LogP contribution in [0.3, 0.4) is 0 Å². The summed E-state index contributed by atoms with van der Waals surface area (Å²) in [6, 6.07) is 8.71. The van der Waals surface area contributed by atoms with Gasteiger partial charge in [-0.3, -0.25) is 0 Å². The molecule has 1 atom stereocenters. The molecular formula is C30H35N3O. The van der Waals surface area contributed by atoms with Gasteiger partial charge in [-0.05, 0) is 77.1 Å². The zero-order valence-electron chi connectivity index (χ0n) is 21.3. The molecular weight excluding hydrogens is 418 g/mol. The fourth-order valence-corrected chi connectivity index (χ4v) is 5.11. The summed E-state index contributed by atoms with van der Waals surface area (Å²) in [7, 11) is 0. The highest BCUT2D eigenvalue weighted by atomic mass is 16.5. The number of benzene rings is 1. The molecule has 4 nitrogen and oxygen atoms in total. The number of nitriles is 2. The maximum atomic E-state index is 9.40. The number of anilines is 1. The van der Waals surface area contributed by atoms with Crippen LogP contribution in [0.1, 0.15) is 77.5 Å². The number of hydrogen-bond acceptors (Lipinski definition) is 4. The van der Waals surface area contributed by atoms with E-state index in [4.69, 9.17) is 4.74 Å². The van der Waals surface area contributed by atoms with Crippen LogP contribution in [0.15, 0.2) is 53.0 Å². The molecule has 0 radical (unpaired) electrons. The first-order valence-corrected chi connectivity index (χ1v) is 12.4. The van der Waals surface area contributed by atoms with Crippen LogP contribution in [0.25, 0.3) is 6.08 Å². The first-order chi connectivity index (χ1) is 16.1. The van der Waals surface area contributed by atoms with Crippen LogP contribution < -0.4 is 4.90 Å². The predicted octanol–water partition coefficient (Wildman–Crippen LogP) is 7.06. The summed E-state index contributed by atoms with van der Waals surface area (Å²) in [4.78, 5) is 2.58. The van der Waals surface area contributed by atoms with E-state index >= 15 is 0 Å². The van der Waals surface area contributed by atoms with Crippen molar-refractivity contribution in [3.8, 4) is 12.1 Å². The number of rotatable bonds is 4. The predicted molar refractivity (Wildman–Crippen MR) is 138 cm³/mol. The van der Waals surface area contributed by atoms with Crippen LogP contribution in [0, 0.1) is 28.6 Å². The maximum absolute atomic E-state index is 9.40. The SMILES string of the molecule is CCC(C)C1=CC(=C(C#N)C#N)C=C(/C=C/c2cc3c4c(c2)C(C)(C)CCN4CCC3(C)C)O1. The molecule has 4 heteroatoms. The Morgan fingerprint density at radius 1 is 1.03 bits per heavy atom. The number of hydrogen-bond donors (Lipinski definition) is 0. The highest BCUT2D eigenvalue weighted by Gasteiger charge is 2.39. The summed E-state index contributed by atoms with van der Waals surface area (Å²) >= 11 is 0. The molecule has 176 valence electrons. The Kier molecular flexibility index (Phi) is 6.22. The van der Waals surface area contributed by atoms with Crippen molar-refractivity contribution < 1.29 is 4.74 Å². The first-order valence-electron chi connectivity index (χ1n) is 12.4. The van der Waals surface area contributed by atoms with Gasteiger partial charge in [0.2, 0.25) is 0 Å². The van der Waals surface area contributed by atoms with Gasteiger partial charge < -0.3 is 9.64 Å². The van der Waals surface area contributed by atoms with Crippen LogP contribution >= 0.6 is 0 Å². The molecule has 1 aromatic carbocycles. The lowest BCUT2D eigenvalue weighted by molar-refractivity contribution is 0.265. The standard InChI is InChI=1S/C30H35N3O/c1-7-20(2)27-17-22(23(18-31)19-32)16-24(34-27)9-8-21-14-25-28-26(15-21)30(5,6)11-13-33(28)12-10-29(25,3)4/h8-9,14-17,20H,7,10-13H2,1-6H3/b9-8+. The monoisotopic (exact) mass is 453 g/mol. The van der Waals surface area contributed by atoms with Crippen LogP contribution in [0.4, 0.5) is 5.69 Å². The molecule has 0 aromatic heterocycles. The van der Waals surface area contributed by atoms with Crippen LogP contribution in [0.5, 0.6) is 0 Å². The highest BCUT2D eigenvalue weighted by molar-refractivity contribution is 5.72. The Bertz CT molecular complexity index is 1150. The molecule has 0 aliphatic carbocycles. The fourth-order valence-electron chi connectivity index (χ4n) is 5.11. The summed E-state index contributed by atoms with van der Waals surface area (Å²) in [6.45, 7) is 15.9. The van der Waals surface area contributed by atoms with Gasteiger partial charge in [0, 0.05) is 30.3 Å². The molecule has 0 saturated carbocycles.